The van der Waals surface area contributed by atoms with Crippen molar-refractivity contribution in [3.8, 4) is 22.3 Å². The fourth-order valence-corrected chi connectivity index (χ4v) is 5.60. The summed E-state index contributed by atoms with van der Waals surface area (Å²) in [4.78, 5) is 17.8. The molecule has 0 aliphatic rings. The third-order valence-electron chi connectivity index (χ3n) is 7.44. The lowest BCUT2D eigenvalue weighted by atomic mass is 9.90. The van der Waals surface area contributed by atoms with Gasteiger partial charge < -0.3 is 0 Å². The maximum atomic E-state index is 4.50. The summed E-state index contributed by atoms with van der Waals surface area (Å²) in [6, 6.07) is 34.8. The first-order chi connectivity index (χ1) is 18.8. The number of benzene rings is 6. The van der Waals surface area contributed by atoms with E-state index in [1.165, 1.54) is 43.4 Å². The van der Waals surface area contributed by atoms with Gasteiger partial charge in [-0.05, 0) is 91.0 Å². The lowest BCUT2D eigenvalue weighted by Crippen LogP contribution is -1.88. The molecule has 8 rings (SSSR count). The Bertz CT molecular complexity index is 2020. The molecule has 8 aromatic rings. The van der Waals surface area contributed by atoms with Gasteiger partial charge in [-0.25, -0.2) is 0 Å². The van der Waals surface area contributed by atoms with Crippen LogP contribution in [0.3, 0.4) is 0 Å². The molecule has 38 heavy (non-hydrogen) atoms. The summed E-state index contributed by atoms with van der Waals surface area (Å²) in [5.41, 5.74) is 8.23. The first-order valence-electron chi connectivity index (χ1n) is 12.6. The van der Waals surface area contributed by atoms with Crippen molar-refractivity contribution < 1.29 is 0 Å². The van der Waals surface area contributed by atoms with E-state index < -0.39 is 0 Å². The molecule has 4 heteroatoms. The van der Waals surface area contributed by atoms with Gasteiger partial charge in [-0.2, -0.15) is 0 Å². The van der Waals surface area contributed by atoms with Crippen molar-refractivity contribution >= 4 is 54.4 Å². The van der Waals surface area contributed by atoms with Gasteiger partial charge in [0, 0.05) is 24.8 Å². The van der Waals surface area contributed by atoms with Gasteiger partial charge in [0.1, 0.15) is 0 Å². The first kappa shape index (κ1) is 20.9. The van der Waals surface area contributed by atoms with E-state index in [1.54, 1.807) is 24.8 Å². The molecule has 0 atom stereocenters. The number of aromatic nitrogens is 4. The molecule has 2 heterocycles. The van der Waals surface area contributed by atoms with Crippen LogP contribution < -0.4 is 0 Å². The van der Waals surface area contributed by atoms with Crippen molar-refractivity contribution in [2.45, 2.75) is 0 Å². The normalized spacial score (nSPS) is 11.7. The highest BCUT2D eigenvalue weighted by Gasteiger charge is 2.12. The quantitative estimate of drug-likeness (QED) is 0.231. The molecule has 0 N–H and O–H groups in total. The Kier molecular flexibility index (Phi) is 4.49. The molecular weight excluding hydrogens is 464 g/mol. The molecule has 0 radical (unpaired) electrons. The van der Waals surface area contributed by atoms with E-state index >= 15 is 0 Å². The fraction of sp³-hybridized carbons (Fsp3) is 0. The smallest absolute Gasteiger partial charge is 0.0892 e. The van der Waals surface area contributed by atoms with Crippen LogP contribution in [0.15, 0.2) is 122 Å². The van der Waals surface area contributed by atoms with E-state index in [2.05, 4.69) is 105 Å². The van der Waals surface area contributed by atoms with Crippen LogP contribution in [0.25, 0.3) is 76.6 Å². The Labute approximate surface area is 218 Å². The van der Waals surface area contributed by atoms with E-state index in [4.69, 9.17) is 0 Å². The maximum absolute atomic E-state index is 4.50. The van der Waals surface area contributed by atoms with E-state index in [0.717, 1.165) is 33.2 Å². The summed E-state index contributed by atoms with van der Waals surface area (Å²) in [6.07, 6.45) is 6.95. The van der Waals surface area contributed by atoms with Crippen molar-refractivity contribution in [3.63, 3.8) is 0 Å². The molecule has 0 unspecified atom stereocenters. The zero-order valence-electron chi connectivity index (χ0n) is 20.3. The number of fused-ring (bicyclic) bond motifs is 8. The van der Waals surface area contributed by atoms with E-state index in [-0.39, 0.29) is 0 Å². The summed E-state index contributed by atoms with van der Waals surface area (Å²) in [6.45, 7) is 0. The lowest BCUT2D eigenvalue weighted by Gasteiger charge is -2.14. The van der Waals surface area contributed by atoms with Gasteiger partial charge in [0.2, 0.25) is 0 Å². The summed E-state index contributed by atoms with van der Waals surface area (Å²) < 4.78 is 0. The van der Waals surface area contributed by atoms with Crippen LogP contribution in [0.5, 0.6) is 0 Å². The van der Waals surface area contributed by atoms with Crippen molar-refractivity contribution in [3.05, 3.63) is 122 Å². The molecule has 0 saturated carbocycles. The molecule has 6 aromatic carbocycles. The highest BCUT2D eigenvalue weighted by atomic mass is 14.8. The minimum atomic E-state index is 0.903. The average Bonchev–Trinajstić information content (AvgIpc) is 3.00. The summed E-state index contributed by atoms with van der Waals surface area (Å²) in [7, 11) is 0. The number of rotatable bonds is 2. The topological polar surface area (TPSA) is 51.6 Å². The molecule has 4 nitrogen and oxygen atoms in total. The molecule has 2 aromatic heterocycles. The van der Waals surface area contributed by atoms with Crippen molar-refractivity contribution in [2.24, 2.45) is 0 Å². The largest absolute Gasteiger partial charge is 0.253 e. The van der Waals surface area contributed by atoms with Crippen LogP contribution in [-0.4, -0.2) is 19.9 Å². The number of nitrogens with zero attached hydrogens (tertiary/aromatic N) is 4. The van der Waals surface area contributed by atoms with Gasteiger partial charge in [0.15, 0.2) is 0 Å². The molecule has 176 valence electrons. The van der Waals surface area contributed by atoms with E-state index in [9.17, 15) is 0 Å². The average molecular weight is 485 g/mol. The minimum absolute atomic E-state index is 0.903. The lowest BCUT2D eigenvalue weighted by molar-refractivity contribution is 1.29. The molecule has 0 saturated heterocycles. The Morgan fingerprint density at radius 3 is 1.13 bits per heavy atom. The second-order valence-corrected chi connectivity index (χ2v) is 9.59. The van der Waals surface area contributed by atoms with Crippen LogP contribution in [0.1, 0.15) is 0 Å². The molecule has 0 aliphatic carbocycles. The van der Waals surface area contributed by atoms with Gasteiger partial charge in [-0.3, -0.25) is 19.9 Å². The van der Waals surface area contributed by atoms with Gasteiger partial charge in [-0.15, -0.1) is 0 Å². The maximum Gasteiger partial charge on any atom is 0.0892 e. The van der Waals surface area contributed by atoms with Crippen LogP contribution in [0, 0.1) is 0 Å². The van der Waals surface area contributed by atoms with Crippen LogP contribution in [-0.2, 0) is 0 Å². The van der Waals surface area contributed by atoms with Crippen LogP contribution in [0.2, 0.25) is 0 Å². The molecule has 0 amide bonds. The van der Waals surface area contributed by atoms with Crippen LogP contribution >= 0.6 is 0 Å². The fourth-order valence-electron chi connectivity index (χ4n) is 5.60. The Morgan fingerprint density at radius 1 is 0.289 bits per heavy atom. The Balaban J connectivity index is 1.35. The third-order valence-corrected chi connectivity index (χ3v) is 7.44. The highest BCUT2D eigenvalue weighted by molar-refractivity contribution is 6.26. The Hall–Kier alpha value is -5.22. The predicted molar refractivity (Wildman–Crippen MR) is 156 cm³/mol. The second kappa shape index (κ2) is 8.15. The van der Waals surface area contributed by atoms with Crippen molar-refractivity contribution in [1.29, 1.82) is 0 Å². The molecule has 0 bridgehead atoms. The van der Waals surface area contributed by atoms with Gasteiger partial charge >= 0.3 is 0 Å². The Morgan fingerprint density at radius 2 is 0.658 bits per heavy atom. The van der Waals surface area contributed by atoms with Crippen LogP contribution in [0.4, 0.5) is 0 Å². The summed E-state index contributed by atoms with van der Waals surface area (Å²) in [5.74, 6) is 0. The second-order valence-electron chi connectivity index (χ2n) is 9.59. The predicted octanol–water partition coefficient (Wildman–Crippen LogP) is 8.37. The number of hydrogen-bond donors (Lipinski definition) is 0. The van der Waals surface area contributed by atoms with E-state index in [0.29, 0.717) is 0 Å². The molecule has 0 aliphatic heterocycles. The first-order valence-corrected chi connectivity index (χ1v) is 12.6. The van der Waals surface area contributed by atoms with E-state index in [1.807, 2.05) is 12.1 Å². The minimum Gasteiger partial charge on any atom is -0.253 e. The zero-order valence-corrected chi connectivity index (χ0v) is 20.3. The summed E-state index contributed by atoms with van der Waals surface area (Å²) >= 11 is 0. The zero-order chi connectivity index (χ0) is 25.1. The standard InChI is InChI=1S/C34H20N4/c1-2-4-26-25(3-1)29-17-21(23-7-11-31-33(19-23)37-15-13-35-31)5-9-27(29)28-10-6-22(18-30(26)28)24-8-12-32-34(20-24)38-16-14-36-32/h1-20H. The third kappa shape index (κ3) is 3.24. The molecular formula is C34H20N4. The SMILES string of the molecule is c1ccc2c(c1)c1cc(-c3ccc4nccnc4c3)ccc1c1ccc(-c3ccc4nccnc4c3)cc21. The molecule has 0 fully saturated rings. The number of hydrogen-bond acceptors (Lipinski definition) is 4. The highest BCUT2D eigenvalue weighted by Crippen LogP contribution is 2.39. The van der Waals surface area contributed by atoms with Gasteiger partial charge in [0.25, 0.3) is 0 Å². The monoisotopic (exact) mass is 484 g/mol. The van der Waals surface area contributed by atoms with Crippen molar-refractivity contribution in [1.82, 2.24) is 19.9 Å². The van der Waals surface area contributed by atoms with Crippen molar-refractivity contribution in [2.75, 3.05) is 0 Å². The van der Waals surface area contributed by atoms with Gasteiger partial charge in [0.05, 0.1) is 22.1 Å². The summed E-state index contributed by atoms with van der Waals surface area (Å²) in [5, 5.41) is 7.49. The van der Waals surface area contributed by atoms with Gasteiger partial charge in [-0.1, -0.05) is 60.7 Å². The molecule has 0 spiro atoms.